The molecule has 0 aliphatic heterocycles. The largest absolute Gasteiger partial charge is 0.313 e. The van der Waals surface area contributed by atoms with Gasteiger partial charge >= 0.3 is 0 Å². The number of fused-ring (bicyclic) bond motifs is 1. The summed E-state index contributed by atoms with van der Waals surface area (Å²) in [6.45, 7) is 3.74. The summed E-state index contributed by atoms with van der Waals surface area (Å²) in [7, 11) is 0. The molecule has 0 unspecified atom stereocenters. The molecule has 3 rings (SSSR count). The molecule has 3 aromatic heterocycles. The zero-order chi connectivity index (χ0) is 15.0. The van der Waals surface area contributed by atoms with Crippen LogP contribution < -0.4 is 10.9 Å². The van der Waals surface area contributed by atoms with E-state index in [-0.39, 0.29) is 11.5 Å². The van der Waals surface area contributed by atoms with E-state index in [0.29, 0.717) is 26.5 Å². The van der Waals surface area contributed by atoms with Gasteiger partial charge in [-0.1, -0.05) is 6.92 Å². The van der Waals surface area contributed by atoms with E-state index in [1.165, 1.54) is 17.7 Å². The average molecular weight is 303 g/mol. The molecule has 3 aromatic rings. The summed E-state index contributed by atoms with van der Waals surface area (Å²) in [6.07, 6.45) is 2.15. The number of rotatable bonds is 3. The zero-order valence-corrected chi connectivity index (χ0v) is 12.3. The fraction of sp³-hybridized carbons (Fsp3) is 0.231. The van der Waals surface area contributed by atoms with Gasteiger partial charge in [0.15, 0.2) is 5.82 Å². The summed E-state index contributed by atoms with van der Waals surface area (Å²) in [5.41, 5.74) is 1.34. The molecule has 1 amide bonds. The number of thiophene rings is 1. The fourth-order valence-corrected chi connectivity index (χ4v) is 3.12. The second-order valence-electron chi connectivity index (χ2n) is 4.55. The Labute approximate surface area is 123 Å². The van der Waals surface area contributed by atoms with Gasteiger partial charge in [-0.2, -0.15) is 5.10 Å². The van der Waals surface area contributed by atoms with Crippen LogP contribution in [0.1, 0.15) is 27.9 Å². The average Bonchev–Trinajstić information content (AvgIpc) is 3.04. The van der Waals surface area contributed by atoms with Crippen molar-refractivity contribution in [1.29, 1.82) is 0 Å². The van der Waals surface area contributed by atoms with E-state index in [2.05, 4.69) is 25.5 Å². The molecule has 8 heteroatoms. The number of carbonyl (C=O) groups is 1. The first-order valence-corrected chi connectivity index (χ1v) is 7.24. The van der Waals surface area contributed by atoms with E-state index in [4.69, 9.17) is 0 Å². The van der Waals surface area contributed by atoms with Crippen molar-refractivity contribution in [2.45, 2.75) is 20.3 Å². The predicted octanol–water partition coefficient (Wildman–Crippen LogP) is 1.83. The lowest BCUT2D eigenvalue weighted by Gasteiger charge is -1.99. The molecule has 0 radical (unpaired) electrons. The van der Waals surface area contributed by atoms with Gasteiger partial charge < -0.3 is 10.3 Å². The van der Waals surface area contributed by atoms with Crippen LogP contribution >= 0.6 is 11.3 Å². The Morgan fingerprint density at radius 3 is 2.95 bits per heavy atom. The number of nitrogens with zero attached hydrogens (tertiary/aromatic N) is 2. The third-order valence-electron chi connectivity index (χ3n) is 3.19. The molecule has 0 aliphatic carbocycles. The summed E-state index contributed by atoms with van der Waals surface area (Å²) < 4.78 is 0. The van der Waals surface area contributed by atoms with E-state index in [9.17, 15) is 9.59 Å². The third kappa shape index (κ3) is 2.33. The predicted molar refractivity (Wildman–Crippen MR) is 80.9 cm³/mol. The quantitative estimate of drug-likeness (QED) is 0.686. The maximum Gasteiger partial charge on any atom is 0.267 e. The highest BCUT2D eigenvalue weighted by Crippen LogP contribution is 2.27. The van der Waals surface area contributed by atoms with E-state index in [0.717, 1.165) is 12.1 Å². The van der Waals surface area contributed by atoms with Crippen molar-refractivity contribution in [1.82, 2.24) is 20.2 Å². The molecule has 0 atom stereocenters. The van der Waals surface area contributed by atoms with Crippen LogP contribution in [0.15, 0.2) is 17.2 Å². The van der Waals surface area contributed by atoms with E-state index < -0.39 is 0 Å². The molecular weight excluding hydrogens is 290 g/mol. The Bertz CT molecular complexity index is 876. The maximum atomic E-state index is 12.3. The molecule has 0 spiro atoms. The van der Waals surface area contributed by atoms with Gasteiger partial charge in [-0.15, -0.1) is 11.3 Å². The minimum atomic E-state index is -0.288. The molecule has 0 bridgehead atoms. The molecule has 108 valence electrons. The zero-order valence-electron chi connectivity index (χ0n) is 11.5. The number of amides is 1. The van der Waals surface area contributed by atoms with Gasteiger partial charge in [0.05, 0.1) is 16.6 Å². The number of carbonyl (C=O) groups excluding carboxylic acids is 1. The lowest BCUT2D eigenvalue weighted by atomic mass is 10.2. The van der Waals surface area contributed by atoms with Crippen molar-refractivity contribution < 1.29 is 4.79 Å². The topological polar surface area (TPSA) is 104 Å². The van der Waals surface area contributed by atoms with Crippen molar-refractivity contribution in [3.05, 3.63) is 38.9 Å². The molecule has 0 saturated heterocycles. The van der Waals surface area contributed by atoms with Crippen molar-refractivity contribution in [3.8, 4) is 0 Å². The second kappa shape index (κ2) is 5.13. The minimum Gasteiger partial charge on any atom is -0.313 e. The van der Waals surface area contributed by atoms with E-state index >= 15 is 0 Å². The summed E-state index contributed by atoms with van der Waals surface area (Å²) >= 11 is 1.20. The minimum absolute atomic E-state index is 0.235. The van der Waals surface area contributed by atoms with Crippen LogP contribution in [-0.4, -0.2) is 26.1 Å². The maximum absolute atomic E-state index is 12.3. The highest BCUT2D eigenvalue weighted by molar-refractivity contribution is 7.20. The smallest absolute Gasteiger partial charge is 0.267 e. The molecule has 0 saturated carbocycles. The first-order valence-electron chi connectivity index (χ1n) is 6.42. The molecule has 0 aromatic carbocycles. The lowest BCUT2D eigenvalue weighted by molar-refractivity contribution is 0.102. The number of anilines is 1. The van der Waals surface area contributed by atoms with Crippen molar-refractivity contribution in [2.75, 3.05) is 5.32 Å². The summed E-state index contributed by atoms with van der Waals surface area (Å²) in [4.78, 5) is 31.7. The number of aromatic amines is 2. The summed E-state index contributed by atoms with van der Waals surface area (Å²) in [5.74, 6) is 0.180. The molecule has 0 fully saturated rings. The number of aromatic nitrogens is 4. The lowest BCUT2D eigenvalue weighted by Crippen LogP contribution is -2.12. The highest BCUT2D eigenvalue weighted by atomic mass is 32.1. The number of hydrogen-bond acceptors (Lipinski definition) is 5. The van der Waals surface area contributed by atoms with Crippen LogP contribution in [0.2, 0.25) is 0 Å². The first kappa shape index (κ1) is 13.5. The van der Waals surface area contributed by atoms with Crippen molar-refractivity contribution in [2.24, 2.45) is 0 Å². The number of H-pyrrole nitrogens is 2. The van der Waals surface area contributed by atoms with Gasteiger partial charge in [0.2, 0.25) is 0 Å². The van der Waals surface area contributed by atoms with Gasteiger partial charge in [0.25, 0.3) is 11.5 Å². The third-order valence-corrected chi connectivity index (χ3v) is 4.39. The number of aryl methyl sites for hydroxylation is 2. The Hall–Kier alpha value is -2.48. The van der Waals surface area contributed by atoms with E-state index in [1.807, 2.05) is 6.92 Å². The molecule has 7 nitrogen and oxygen atoms in total. The first-order chi connectivity index (χ1) is 10.1. The summed E-state index contributed by atoms with van der Waals surface area (Å²) in [5, 5.41) is 10.0. The molecule has 21 heavy (non-hydrogen) atoms. The summed E-state index contributed by atoms with van der Waals surface area (Å²) in [6, 6.07) is 1.78. The van der Waals surface area contributed by atoms with Crippen LogP contribution in [-0.2, 0) is 6.42 Å². The SMILES string of the molecule is CCc1cc(NC(=O)c2sc3nc[nH]c(=O)c3c2C)n[nH]1. The highest BCUT2D eigenvalue weighted by Gasteiger charge is 2.19. The van der Waals surface area contributed by atoms with Gasteiger partial charge in [0.1, 0.15) is 4.83 Å². The Balaban J connectivity index is 1.96. The standard InChI is InChI=1S/C13H13N5O2S/c1-3-7-4-8(18-17-7)16-12(20)10-6(2)9-11(19)14-5-15-13(9)21-10/h4-5H,3H2,1-2H3,(H,14,15,19)(H2,16,17,18,20). The Kier molecular flexibility index (Phi) is 3.30. The molecule has 0 aliphatic rings. The molecule has 3 N–H and O–H groups in total. The van der Waals surface area contributed by atoms with Crippen molar-refractivity contribution >= 4 is 33.3 Å². The van der Waals surface area contributed by atoms with Gasteiger partial charge in [-0.3, -0.25) is 14.7 Å². The van der Waals surface area contributed by atoms with Crippen LogP contribution in [0.25, 0.3) is 10.2 Å². The van der Waals surface area contributed by atoms with Crippen LogP contribution in [0.4, 0.5) is 5.82 Å². The van der Waals surface area contributed by atoms with Gasteiger partial charge in [-0.25, -0.2) is 4.98 Å². The van der Waals surface area contributed by atoms with Gasteiger partial charge in [0, 0.05) is 11.8 Å². The Morgan fingerprint density at radius 2 is 2.29 bits per heavy atom. The Morgan fingerprint density at radius 1 is 1.48 bits per heavy atom. The van der Waals surface area contributed by atoms with E-state index in [1.54, 1.807) is 13.0 Å². The molecular formula is C13H13N5O2S. The number of nitrogens with one attached hydrogen (secondary N) is 3. The fourth-order valence-electron chi connectivity index (χ4n) is 2.07. The number of hydrogen-bond donors (Lipinski definition) is 3. The van der Waals surface area contributed by atoms with Crippen LogP contribution in [0.5, 0.6) is 0 Å². The normalized spacial score (nSPS) is 11.0. The van der Waals surface area contributed by atoms with Gasteiger partial charge in [-0.05, 0) is 18.9 Å². The van der Waals surface area contributed by atoms with Crippen molar-refractivity contribution in [3.63, 3.8) is 0 Å². The monoisotopic (exact) mass is 303 g/mol. The van der Waals surface area contributed by atoms with Crippen LogP contribution in [0, 0.1) is 6.92 Å². The molecule has 3 heterocycles. The second-order valence-corrected chi connectivity index (χ2v) is 5.55. The van der Waals surface area contributed by atoms with Crippen LogP contribution in [0.3, 0.4) is 0 Å².